The van der Waals surface area contributed by atoms with E-state index >= 15 is 0 Å². The van der Waals surface area contributed by atoms with Gasteiger partial charge in [0.25, 0.3) is 23.6 Å². The highest BCUT2D eigenvalue weighted by Crippen LogP contribution is 2.34. The Morgan fingerprint density at radius 2 is 0.766 bits per heavy atom. The molecule has 23 heteroatoms. The van der Waals surface area contributed by atoms with Crippen molar-refractivity contribution in [1.82, 2.24) is 24.9 Å². The van der Waals surface area contributed by atoms with Gasteiger partial charge in [0.15, 0.2) is 0 Å². The van der Waals surface area contributed by atoms with Gasteiger partial charge < -0.3 is 64.6 Å². The van der Waals surface area contributed by atoms with Crippen molar-refractivity contribution >= 4 is 75.5 Å². The van der Waals surface area contributed by atoms with E-state index in [0.717, 1.165) is 97.2 Å². The van der Waals surface area contributed by atoms with E-state index in [0.29, 0.717) is 117 Å². The van der Waals surface area contributed by atoms with Crippen LogP contribution in [0.15, 0.2) is 146 Å². The predicted molar refractivity (Wildman–Crippen MR) is 430 cm³/mol. The second-order valence-corrected chi connectivity index (χ2v) is 27.3. The van der Waals surface area contributed by atoms with Gasteiger partial charge in [0.1, 0.15) is 47.5 Å². The molecule has 0 aromatic heterocycles. The van der Waals surface area contributed by atoms with Crippen molar-refractivity contribution < 1.29 is 56.0 Å². The van der Waals surface area contributed by atoms with Crippen molar-refractivity contribution in [3.8, 4) is 28.7 Å². The molecule has 8 aromatic rings. The second-order valence-electron chi connectivity index (χ2n) is 26.1. The van der Waals surface area contributed by atoms with E-state index in [4.69, 9.17) is 58.5 Å². The molecule has 0 saturated heterocycles. The third-order valence-corrected chi connectivity index (χ3v) is 18.3. The van der Waals surface area contributed by atoms with E-state index in [-0.39, 0.29) is 35.4 Å². The lowest BCUT2D eigenvalue weighted by Crippen LogP contribution is -2.28. The molecule has 0 fully saturated rings. The van der Waals surface area contributed by atoms with Gasteiger partial charge in [-0.1, -0.05) is 110 Å². The Hall–Kier alpha value is -8.86. The third-order valence-electron chi connectivity index (χ3n) is 17.1. The molecule has 0 unspecified atom stereocenters. The molecule has 0 saturated carbocycles. The monoisotopic (exact) mass is 1530 g/mol. The largest absolute Gasteiger partial charge is 0.493 e. The average Bonchev–Trinajstić information content (AvgIpc) is 0.835. The van der Waals surface area contributed by atoms with Gasteiger partial charge in [0.2, 0.25) is 0 Å². The molecule has 578 valence electrons. The highest BCUT2D eigenvalue weighted by atomic mass is 35.5. The maximum Gasteiger partial charge on any atom is 0.416 e. The zero-order valence-electron chi connectivity index (χ0n) is 64.7. The van der Waals surface area contributed by atoms with Crippen LogP contribution < -0.4 is 45.0 Å². The molecule has 0 spiro atoms. The number of carbonyl (C=O) groups excluding carboxylic acids is 4. The first-order valence-electron chi connectivity index (χ1n) is 35.8. The quantitative estimate of drug-likeness (QED) is 0.0293. The van der Waals surface area contributed by atoms with E-state index in [1.54, 1.807) is 67.6 Å². The lowest BCUT2D eigenvalue weighted by Gasteiger charge is -2.19. The summed E-state index contributed by atoms with van der Waals surface area (Å²) in [6, 6.07) is 42.4. The number of amides is 4. The first-order chi connectivity index (χ1) is 50.9. The molecule has 17 nitrogen and oxygen atoms in total. The summed E-state index contributed by atoms with van der Waals surface area (Å²) in [7, 11) is 9.95. The van der Waals surface area contributed by atoms with E-state index in [1.807, 2.05) is 147 Å². The fourth-order valence-corrected chi connectivity index (χ4v) is 11.1. The van der Waals surface area contributed by atoms with E-state index < -0.39 is 17.6 Å². The smallest absolute Gasteiger partial charge is 0.416 e. The molecule has 0 aliphatic rings. The van der Waals surface area contributed by atoms with Crippen LogP contribution in [0.5, 0.6) is 28.7 Å². The standard InChI is InChI=1S/C22H27F3N2O3.2C21H27ClN2O2.C20H25ClN2O2/c1-5-29-18-7-6-8-19(30-12-11-27(3)4)20(18)21(28)26-14-16-10-9-15(2)17(13-16)22(23,24)25;1-5-24(4)12-7-13-26-19-9-6-8-15(2)20(19)21(25)23-17-10-11-18(22)16(3)14-17;1-5-24(6-2)12-13-26-19-9-7-8-15(3)20(19)21(25)23-17-10-11-18(22)16(4)14-17;1-14-7-5-8-18(25-12-6-11-23(3)4)19(14)20(24)22-16-9-10-17(21)15(2)13-16/h6-10,13H,5,11-12,14H2,1-4H3,(H,26,28);6,8-11,14H,5,7,12-13H2,1-4H3,(H,23,25);7-11,14H,5-6,12-13H2,1-4H3,(H,23,25);5,7-10,13H,6,11-12H2,1-4H3,(H,22,24). The Labute approximate surface area is 646 Å². The first kappa shape index (κ1) is 88.8. The van der Waals surface area contributed by atoms with E-state index in [1.165, 1.54) is 13.0 Å². The Bertz CT molecular complexity index is 4190. The molecule has 0 radical (unpaired) electrons. The second kappa shape index (κ2) is 45.1. The Balaban J connectivity index is 0.000000256. The summed E-state index contributed by atoms with van der Waals surface area (Å²) in [6.07, 6.45) is -2.63. The first-order valence-corrected chi connectivity index (χ1v) is 37.0. The predicted octanol–water partition coefficient (Wildman–Crippen LogP) is 18.7. The SMILES string of the molecule is CCN(C)CCCOc1cccc(C)c1C(=O)Nc1ccc(Cl)c(C)c1.CCN(CC)CCOc1cccc(C)c1C(=O)Nc1ccc(Cl)c(C)c1.CCOc1cccc(OCCN(C)C)c1C(=O)NCc1ccc(C)c(C(F)(F)F)c1.Cc1cc(NC(=O)c2c(C)cccc2OCCCN(C)C)ccc1Cl. The summed E-state index contributed by atoms with van der Waals surface area (Å²) in [5, 5.41) is 13.5. The van der Waals surface area contributed by atoms with Gasteiger partial charge in [-0.2, -0.15) is 13.2 Å². The molecular formula is C84H106Cl3F3N8O9. The van der Waals surface area contributed by atoms with Crippen molar-refractivity contribution in [2.24, 2.45) is 0 Å². The number of anilines is 3. The van der Waals surface area contributed by atoms with Crippen LogP contribution in [0.2, 0.25) is 15.1 Å². The molecule has 4 amide bonds. The topological polar surface area (TPSA) is 176 Å². The number of nitrogens with zero attached hydrogens (tertiary/aromatic N) is 4. The molecule has 0 aliphatic heterocycles. The molecule has 107 heavy (non-hydrogen) atoms. The van der Waals surface area contributed by atoms with Gasteiger partial charge in [0, 0.05) is 64.9 Å². The van der Waals surface area contributed by atoms with E-state index in [2.05, 4.69) is 63.8 Å². The number of carbonyl (C=O) groups is 4. The number of alkyl halides is 3. The summed E-state index contributed by atoms with van der Waals surface area (Å²) in [4.78, 5) is 59.8. The average molecular weight is 1540 g/mol. The zero-order chi connectivity index (χ0) is 78.9. The number of likely N-dealkylation sites (N-methyl/N-ethyl adjacent to an activating group) is 2. The minimum atomic E-state index is -4.45. The lowest BCUT2D eigenvalue weighted by molar-refractivity contribution is -0.138. The highest BCUT2D eigenvalue weighted by molar-refractivity contribution is 6.32. The normalized spacial score (nSPS) is 11.0. The fourth-order valence-electron chi connectivity index (χ4n) is 10.8. The van der Waals surface area contributed by atoms with Crippen LogP contribution in [-0.2, 0) is 12.7 Å². The van der Waals surface area contributed by atoms with Crippen molar-refractivity contribution in [2.45, 2.75) is 102 Å². The molecule has 0 aliphatic carbocycles. The van der Waals surface area contributed by atoms with Crippen LogP contribution in [0.1, 0.15) is 132 Å². The maximum absolute atomic E-state index is 13.1. The summed E-state index contributed by atoms with van der Waals surface area (Å²) in [6.45, 7) is 29.8. The van der Waals surface area contributed by atoms with Crippen molar-refractivity contribution in [2.75, 3.05) is 130 Å². The van der Waals surface area contributed by atoms with Crippen LogP contribution in [0.25, 0.3) is 0 Å². The van der Waals surface area contributed by atoms with Crippen LogP contribution in [-0.4, -0.2) is 157 Å². The van der Waals surface area contributed by atoms with Gasteiger partial charge in [0.05, 0.1) is 42.1 Å². The van der Waals surface area contributed by atoms with Crippen molar-refractivity contribution in [1.29, 1.82) is 0 Å². The Kier molecular flexibility index (Phi) is 37.4. The fraction of sp³-hybridized carbons (Fsp3) is 0.381. The van der Waals surface area contributed by atoms with Gasteiger partial charge in [-0.05, 0) is 259 Å². The van der Waals surface area contributed by atoms with Crippen molar-refractivity contribution in [3.63, 3.8) is 0 Å². The van der Waals surface area contributed by atoms with Crippen LogP contribution in [0.4, 0.5) is 30.2 Å². The summed E-state index contributed by atoms with van der Waals surface area (Å²) in [5.41, 5.74) is 9.28. The molecule has 0 bridgehead atoms. The highest BCUT2D eigenvalue weighted by Gasteiger charge is 2.33. The van der Waals surface area contributed by atoms with Gasteiger partial charge in [-0.3, -0.25) is 19.2 Å². The number of rotatable bonds is 32. The molecule has 4 N–H and O–H groups in total. The van der Waals surface area contributed by atoms with Crippen LogP contribution in [0.3, 0.4) is 0 Å². The van der Waals surface area contributed by atoms with Gasteiger partial charge in [-0.25, -0.2) is 0 Å². The summed E-state index contributed by atoms with van der Waals surface area (Å²) in [5.74, 6) is 1.55. The third kappa shape index (κ3) is 29.3. The lowest BCUT2D eigenvalue weighted by atomic mass is 10.0. The summed E-state index contributed by atoms with van der Waals surface area (Å²) >= 11 is 18.1. The van der Waals surface area contributed by atoms with Crippen molar-refractivity contribution in [3.05, 3.63) is 233 Å². The number of halogens is 6. The number of hydrogen-bond donors (Lipinski definition) is 4. The number of hydrogen-bond acceptors (Lipinski definition) is 13. The van der Waals surface area contributed by atoms with Crippen LogP contribution >= 0.6 is 34.8 Å². The Morgan fingerprint density at radius 3 is 1.14 bits per heavy atom. The molecule has 0 atom stereocenters. The van der Waals surface area contributed by atoms with Gasteiger partial charge >= 0.3 is 6.18 Å². The molecular weight excluding hydrogens is 1430 g/mol. The molecule has 8 aromatic carbocycles. The Morgan fingerprint density at radius 1 is 0.393 bits per heavy atom. The number of ether oxygens (including phenoxy) is 5. The minimum Gasteiger partial charge on any atom is -0.493 e. The van der Waals surface area contributed by atoms with E-state index in [9.17, 15) is 32.3 Å². The van der Waals surface area contributed by atoms with Crippen LogP contribution in [0, 0.1) is 48.5 Å². The number of aryl methyl sites for hydroxylation is 7. The summed E-state index contributed by atoms with van der Waals surface area (Å²) < 4.78 is 68.4. The number of nitrogens with one attached hydrogen (secondary N) is 4. The maximum atomic E-state index is 13.1. The zero-order valence-corrected chi connectivity index (χ0v) is 67.0. The number of benzene rings is 8. The molecule has 8 rings (SSSR count). The molecule has 0 heterocycles. The minimum absolute atomic E-state index is 0.0558. The van der Waals surface area contributed by atoms with Gasteiger partial charge in [-0.15, -0.1) is 0 Å².